The highest BCUT2D eigenvalue weighted by molar-refractivity contribution is 5.77. The molecule has 128 valence electrons. The summed E-state index contributed by atoms with van der Waals surface area (Å²) in [5.41, 5.74) is 7.23. The maximum Gasteiger partial charge on any atom is 0.223 e. The first-order valence-corrected chi connectivity index (χ1v) is 8.88. The minimum absolute atomic E-state index is 0.0502. The van der Waals surface area contributed by atoms with E-state index in [9.17, 15) is 4.79 Å². The molecule has 2 rings (SSSR count). The zero-order valence-corrected chi connectivity index (χ0v) is 14.5. The van der Waals surface area contributed by atoms with Crippen molar-refractivity contribution in [2.45, 2.75) is 64.5 Å². The molecule has 1 aromatic carbocycles. The second-order valence-electron chi connectivity index (χ2n) is 6.50. The molecule has 2 unspecified atom stereocenters. The lowest BCUT2D eigenvalue weighted by molar-refractivity contribution is -0.135. The number of carbonyl (C=O) groups is 1. The summed E-state index contributed by atoms with van der Waals surface area (Å²) in [7, 11) is 0. The van der Waals surface area contributed by atoms with Gasteiger partial charge in [-0.15, -0.1) is 0 Å². The molecule has 1 amide bonds. The molecular formula is C19H30N2O2. The van der Waals surface area contributed by atoms with Gasteiger partial charge in [-0.3, -0.25) is 4.79 Å². The van der Waals surface area contributed by atoms with Crippen LogP contribution in [0.25, 0.3) is 0 Å². The molecule has 0 radical (unpaired) electrons. The molecular weight excluding hydrogens is 288 g/mol. The van der Waals surface area contributed by atoms with Crippen LogP contribution in [0.2, 0.25) is 0 Å². The van der Waals surface area contributed by atoms with E-state index in [0.29, 0.717) is 6.42 Å². The molecule has 0 aliphatic carbocycles. The van der Waals surface area contributed by atoms with E-state index < -0.39 is 0 Å². The van der Waals surface area contributed by atoms with Crippen molar-refractivity contribution >= 4 is 5.91 Å². The molecule has 0 saturated carbocycles. The van der Waals surface area contributed by atoms with Crippen molar-refractivity contribution in [1.29, 1.82) is 0 Å². The number of piperidine rings is 1. The third-order valence-corrected chi connectivity index (χ3v) is 4.50. The van der Waals surface area contributed by atoms with Gasteiger partial charge in [0.05, 0.1) is 6.61 Å². The standard InChI is InChI=1S/C19H30N2O2/c1-3-14-23-17-10-7-16(8-11-17)9-12-19(22)21-13-5-4-6-18(21)15(2)20/h7-8,10-11,15,18H,3-6,9,12-14,20H2,1-2H3. The molecule has 2 atom stereocenters. The van der Waals surface area contributed by atoms with E-state index in [1.165, 1.54) is 12.0 Å². The molecule has 1 aliphatic heterocycles. The number of carbonyl (C=O) groups excluding carboxylic acids is 1. The fraction of sp³-hybridized carbons (Fsp3) is 0.632. The first-order valence-electron chi connectivity index (χ1n) is 8.88. The van der Waals surface area contributed by atoms with Gasteiger partial charge in [-0.2, -0.15) is 0 Å². The van der Waals surface area contributed by atoms with Gasteiger partial charge in [0.2, 0.25) is 5.91 Å². The fourth-order valence-corrected chi connectivity index (χ4v) is 3.18. The molecule has 0 spiro atoms. The van der Waals surface area contributed by atoms with Gasteiger partial charge >= 0.3 is 0 Å². The molecule has 0 aromatic heterocycles. The smallest absolute Gasteiger partial charge is 0.223 e. The van der Waals surface area contributed by atoms with Crippen LogP contribution in [0.4, 0.5) is 0 Å². The quantitative estimate of drug-likeness (QED) is 0.840. The highest BCUT2D eigenvalue weighted by Gasteiger charge is 2.28. The number of benzene rings is 1. The third-order valence-electron chi connectivity index (χ3n) is 4.50. The summed E-state index contributed by atoms with van der Waals surface area (Å²) in [5.74, 6) is 1.13. The number of rotatable bonds is 7. The van der Waals surface area contributed by atoms with E-state index in [2.05, 4.69) is 19.1 Å². The Morgan fingerprint density at radius 3 is 2.74 bits per heavy atom. The summed E-state index contributed by atoms with van der Waals surface area (Å²) >= 11 is 0. The fourth-order valence-electron chi connectivity index (χ4n) is 3.18. The Morgan fingerprint density at radius 1 is 1.35 bits per heavy atom. The van der Waals surface area contributed by atoms with Crippen LogP contribution in [-0.2, 0) is 11.2 Å². The van der Waals surface area contributed by atoms with E-state index in [4.69, 9.17) is 10.5 Å². The second-order valence-corrected chi connectivity index (χ2v) is 6.50. The number of hydrogen-bond donors (Lipinski definition) is 1. The first-order chi connectivity index (χ1) is 11.1. The SMILES string of the molecule is CCCOc1ccc(CCC(=O)N2CCCCC2C(C)N)cc1. The van der Waals surface area contributed by atoms with Crippen molar-refractivity contribution in [1.82, 2.24) is 4.90 Å². The van der Waals surface area contributed by atoms with E-state index in [0.717, 1.165) is 44.6 Å². The minimum Gasteiger partial charge on any atom is -0.494 e. The van der Waals surface area contributed by atoms with Crippen LogP contribution in [0.15, 0.2) is 24.3 Å². The van der Waals surface area contributed by atoms with Crippen molar-refractivity contribution in [3.63, 3.8) is 0 Å². The third kappa shape index (κ3) is 5.24. The minimum atomic E-state index is 0.0502. The lowest BCUT2D eigenvalue weighted by Crippen LogP contribution is -2.51. The predicted octanol–water partition coefficient (Wildman–Crippen LogP) is 3.14. The van der Waals surface area contributed by atoms with Gasteiger partial charge < -0.3 is 15.4 Å². The molecule has 0 bridgehead atoms. The molecule has 2 N–H and O–H groups in total. The molecule has 1 aromatic rings. The van der Waals surface area contributed by atoms with Gasteiger partial charge in [-0.1, -0.05) is 19.1 Å². The monoisotopic (exact) mass is 318 g/mol. The number of aryl methyl sites for hydroxylation is 1. The van der Waals surface area contributed by atoms with Crippen LogP contribution >= 0.6 is 0 Å². The lowest BCUT2D eigenvalue weighted by atomic mass is 9.96. The summed E-state index contributed by atoms with van der Waals surface area (Å²) < 4.78 is 5.58. The summed E-state index contributed by atoms with van der Waals surface area (Å²) in [5, 5.41) is 0. The van der Waals surface area contributed by atoms with Crippen LogP contribution in [0.3, 0.4) is 0 Å². The largest absolute Gasteiger partial charge is 0.494 e. The Kier molecular flexibility index (Phi) is 6.90. The summed E-state index contributed by atoms with van der Waals surface area (Å²) in [6, 6.07) is 8.34. The normalized spacial score (nSPS) is 19.4. The number of nitrogens with zero attached hydrogens (tertiary/aromatic N) is 1. The topological polar surface area (TPSA) is 55.6 Å². The van der Waals surface area contributed by atoms with Gasteiger partial charge in [0, 0.05) is 25.0 Å². The zero-order chi connectivity index (χ0) is 16.7. The highest BCUT2D eigenvalue weighted by atomic mass is 16.5. The molecule has 1 aliphatic rings. The van der Waals surface area contributed by atoms with E-state index in [1.54, 1.807) is 0 Å². The highest BCUT2D eigenvalue weighted by Crippen LogP contribution is 2.21. The van der Waals surface area contributed by atoms with Crippen molar-refractivity contribution in [2.24, 2.45) is 5.73 Å². The van der Waals surface area contributed by atoms with E-state index in [1.807, 2.05) is 24.0 Å². The van der Waals surface area contributed by atoms with Crippen molar-refractivity contribution < 1.29 is 9.53 Å². The van der Waals surface area contributed by atoms with Gasteiger partial charge in [0.15, 0.2) is 0 Å². The van der Waals surface area contributed by atoms with E-state index in [-0.39, 0.29) is 18.0 Å². The summed E-state index contributed by atoms with van der Waals surface area (Å²) in [4.78, 5) is 14.5. The van der Waals surface area contributed by atoms with Crippen LogP contribution < -0.4 is 10.5 Å². The van der Waals surface area contributed by atoms with Gasteiger partial charge in [0.25, 0.3) is 0 Å². The molecule has 1 heterocycles. The van der Waals surface area contributed by atoms with Crippen LogP contribution in [0, 0.1) is 0 Å². The van der Waals surface area contributed by atoms with Crippen LogP contribution in [-0.4, -0.2) is 36.0 Å². The first kappa shape index (κ1) is 17.8. The molecule has 4 heteroatoms. The number of hydrogen-bond acceptors (Lipinski definition) is 3. The maximum atomic E-state index is 12.5. The number of nitrogens with two attached hydrogens (primary N) is 1. The Bertz CT molecular complexity index is 485. The van der Waals surface area contributed by atoms with Gasteiger partial charge in [-0.25, -0.2) is 0 Å². The molecule has 4 nitrogen and oxygen atoms in total. The van der Waals surface area contributed by atoms with Crippen molar-refractivity contribution in [3.8, 4) is 5.75 Å². The summed E-state index contributed by atoms with van der Waals surface area (Å²) in [6.45, 7) is 5.70. The zero-order valence-electron chi connectivity index (χ0n) is 14.5. The van der Waals surface area contributed by atoms with Crippen molar-refractivity contribution in [3.05, 3.63) is 29.8 Å². The average Bonchev–Trinajstić information content (AvgIpc) is 2.58. The average molecular weight is 318 g/mol. The van der Waals surface area contributed by atoms with Gasteiger partial charge in [-0.05, 0) is 56.7 Å². The van der Waals surface area contributed by atoms with Crippen molar-refractivity contribution in [2.75, 3.05) is 13.2 Å². The molecule has 1 fully saturated rings. The number of amides is 1. The number of ether oxygens (including phenoxy) is 1. The number of likely N-dealkylation sites (tertiary alicyclic amines) is 1. The lowest BCUT2D eigenvalue weighted by Gasteiger charge is -2.38. The maximum absolute atomic E-state index is 12.5. The Hall–Kier alpha value is -1.55. The second kappa shape index (κ2) is 8.92. The Balaban J connectivity index is 1.85. The molecule has 23 heavy (non-hydrogen) atoms. The predicted molar refractivity (Wildman–Crippen MR) is 93.6 cm³/mol. The van der Waals surface area contributed by atoms with E-state index >= 15 is 0 Å². The van der Waals surface area contributed by atoms with Gasteiger partial charge in [0.1, 0.15) is 5.75 Å². The summed E-state index contributed by atoms with van der Waals surface area (Å²) in [6.07, 6.45) is 5.64. The van der Waals surface area contributed by atoms with Crippen LogP contribution in [0.1, 0.15) is 51.5 Å². The van der Waals surface area contributed by atoms with Crippen LogP contribution in [0.5, 0.6) is 5.75 Å². The Morgan fingerprint density at radius 2 is 2.09 bits per heavy atom. The Labute approximate surface area is 140 Å². The molecule has 1 saturated heterocycles.